The standard InChI is InChI=1S/C21H21N5O2Se/c1-14(28)26(19-11-23-17-8-4-3-7-16(17)19)21-25(12-20(29-21)24-13-27)18-9-5-2-6-15(18)10-22/h2-9,11-13,21,23H,10,22H2,1H3,(H,24,27). The van der Waals surface area contributed by atoms with Crippen LogP contribution >= 0.6 is 0 Å². The van der Waals surface area contributed by atoms with Crippen LogP contribution in [0.2, 0.25) is 0 Å². The fourth-order valence-corrected chi connectivity index (χ4v) is 5.98. The Morgan fingerprint density at radius 1 is 1.28 bits per heavy atom. The number of benzene rings is 2. The average Bonchev–Trinajstić information content (AvgIpc) is 3.33. The van der Waals surface area contributed by atoms with Crippen molar-refractivity contribution >= 4 is 49.6 Å². The molecule has 0 saturated carbocycles. The summed E-state index contributed by atoms with van der Waals surface area (Å²) in [5.41, 5.74) is 9.64. The molecule has 0 bridgehead atoms. The van der Waals surface area contributed by atoms with E-state index < -0.39 is 0 Å². The number of fused-ring (bicyclic) bond motifs is 1. The third kappa shape index (κ3) is 3.53. The van der Waals surface area contributed by atoms with Crippen LogP contribution in [0, 0.1) is 0 Å². The number of aromatic amines is 1. The molecule has 3 aromatic rings. The van der Waals surface area contributed by atoms with Crippen LogP contribution in [0.25, 0.3) is 10.9 Å². The summed E-state index contributed by atoms with van der Waals surface area (Å²) in [7, 11) is 0. The van der Waals surface area contributed by atoms with E-state index in [1.54, 1.807) is 11.8 Å². The molecule has 0 radical (unpaired) electrons. The van der Waals surface area contributed by atoms with Gasteiger partial charge in [0.2, 0.25) is 0 Å². The molecule has 7 nitrogen and oxygen atoms in total. The number of nitrogens with zero attached hydrogens (tertiary/aromatic N) is 2. The molecule has 0 saturated heterocycles. The topological polar surface area (TPSA) is 94.5 Å². The molecule has 0 fully saturated rings. The summed E-state index contributed by atoms with van der Waals surface area (Å²) in [5.74, 6) is -0.0717. The number of nitrogens with one attached hydrogen (secondary N) is 2. The van der Waals surface area contributed by atoms with E-state index in [2.05, 4.69) is 10.3 Å². The van der Waals surface area contributed by atoms with Crippen LogP contribution in [0.3, 0.4) is 0 Å². The fraction of sp³-hybridized carbons (Fsp3) is 0.143. The van der Waals surface area contributed by atoms with Gasteiger partial charge in [0.25, 0.3) is 0 Å². The van der Waals surface area contributed by atoms with E-state index in [9.17, 15) is 9.59 Å². The molecule has 1 unspecified atom stereocenters. The number of hydrogen-bond acceptors (Lipinski definition) is 4. The summed E-state index contributed by atoms with van der Waals surface area (Å²) in [6, 6.07) is 15.7. The van der Waals surface area contributed by atoms with Crippen molar-refractivity contribution in [2.24, 2.45) is 5.73 Å². The molecule has 4 N–H and O–H groups in total. The molecule has 1 aromatic heterocycles. The number of anilines is 2. The van der Waals surface area contributed by atoms with Gasteiger partial charge in [-0.15, -0.1) is 0 Å². The van der Waals surface area contributed by atoms with E-state index in [-0.39, 0.29) is 25.9 Å². The first-order chi connectivity index (χ1) is 14.1. The maximum absolute atomic E-state index is 12.8. The number of para-hydroxylation sites is 2. The van der Waals surface area contributed by atoms with Crippen molar-refractivity contribution in [2.45, 2.75) is 18.5 Å². The number of H-pyrrole nitrogens is 1. The number of carbonyl (C=O) groups is 2. The second-order valence-corrected chi connectivity index (χ2v) is 8.85. The second kappa shape index (κ2) is 8.13. The average molecular weight is 454 g/mol. The Morgan fingerprint density at radius 2 is 2.03 bits per heavy atom. The molecule has 2 aromatic carbocycles. The molecule has 29 heavy (non-hydrogen) atoms. The van der Waals surface area contributed by atoms with Crippen molar-refractivity contribution in [3.63, 3.8) is 0 Å². The number of rotatable bonds is 6. The predicted molar refractivity (Wildman–Crippen MR) is 115 cm³/mol. The Labute approximate surface area is 174 Å². The predicted octanol–water partition coefficient (Wildman–Crippen LogP) is 2.03. The quantitative estimate of drug-likeness (QED) is 0.393. The normalized spacial score (nSPS) is 16.0. The number of carbonyl (C=O) groups excluding carboxylic acids is 2. The Balaban J connectivity index is 1.82. The molecule has 148 valence electrons. The molecule has 1 aliphatic rings. The number of nitrogens with two attached hydrogens (primary N) is 1. The van der Waals surface area contributed by atoms with Gasteiger partial charge in [0.15, 0.2) is 0 Å². The maximum atomic E-state index is 12.8. The summed E-state index contributed by atoms with van der Waals surface area (Å²) in [5, 5.41) is 3.48. The first-order valence-corrected chi connectivity index (χ1v) is 11.0. The molecule has 4 rings (SSSR count). The van der Waals surface area contributed by atoms with Crippen LogP contribution in [0.4, 0.5) is 11.4 Å². The van der Waals surface area contributed by atoms with Gasteiger partial charge in [0, 0.05) is 0 Å². The van der Waals surface area contributed by atoms with Gasteiger partial charge in [0.05, 0.1) is 0 Å². The third-order valence-electron chi connectivity index (χ3n) is 4.80. The number of hydrogen-bond donors (Lipinski definition) is 3. The molecular weight excluding hydrogens is 433 g/mol. The van der Waals surface area contributed by atoms with Crippen molar-refractivity contribution in [1.29, 1.82) is 0 Å². The van der Waals surface area contributed by atoms with Crippen LogP contribution < -0.4 is 20.9 Å². The Morgan fingerprint density at radius 3 is 2.79 bits per heavy atom. The molecule has 2 heterocycles. The van der Waals surface area contributed by atoms with Gasteiger partial charge >= 0.3 is 175 Å². The zero-order valence-corrected chi connectivity index (χ0v) is 17.5. The monoisotopic (exact) mass is 455 g/mol. The van der Waals surface area contributed by atoms with Gasteiger partial charge in [-0.3, -0.25) is 0 Å². The van der Waals surface area contributed by atoms with Crippen molar-refractivity contribution in [1.82, 2.24) is 10.3 Å². The van der Waals surface area contributed by atoms with E-state index in [1.807, 2.05) is 65.8 Å². The third-order valence-corrected chi connectivity index (χ3v) is 7.17. The van der Waals surface area contributed by atoms with Crippen molar-refractivity contribution in [3.05, 3.63) is 71.1 Å². The van der Waals surface area contributed by atoms with Gasteiger partial charge in [-0.25, -0.2) is 0 Å². The zero-order valence-electron chi connectivity index (χ0n) is 15.8. The minimum absolute atomic E-state index is 0.0717. The van der Waals surface area contributed by atoms with Gasteiger partial charge in [-0.05, 0) is 0 Å². The van der Waals surface area contributed by atoms with Gasteiger partial charge in [0.1, 0.15) is 0 Å². The summed E-state index contributed by atoms with van der Waals surface area (Å²) in [6.07, 6.45) is 4.44. The van der Waals surface area contributed by atoms with Crippen LogP contribution in [0.5, 0.6) is 0 Å². The van der Waals surface area contributed by atoms with E-state index in [0.29, 0.717) is 13.0 Å². The Hall–Kier alpha value is -3.06. The van der Waals surface area contributed by atoms with Gasteiger partial charge in [-0.1, -0.05) is 0 Å². The van der Waals surface area contributed by atoms with Crippen LogP contribution in [-0.4, -0.2) is 37.3 Å². The number of aromatic nitrogens is 1. The fourth-order valence-electron chi connectivity index (χ4n) is 3.52. The molecule has 1 aliphatic heterocycles. The van der Waals surface area contributed by atoms with E-state index >= 15 is 0 Å². The summed E-state index contributed by atoms with van der Waals surface area (Å²) in [6.45, 7) is 1.94. The van der Waals surface area contributed by atoms with Gasteiger partial charge in [-0.2, -0.15) is 0 Å². The molecule has 0 aliphatic carbocycles. The van der Waals surface area contributed by atoms with Crippen LogP contribution in [0.1, 0.15) is 12.5 Å². The van der Waals surface area contributed by atoms with Gasteiger partial charge < -0.3 is 0 Å². The Bertz CT molecular complexity index is 1090. The van der Waals surface area contributed by atoms with Crippen LogP contribution in [-0.2, 0) is 16.1 Å². The molecule has 1 atom stereocenters. The summed E-state index contributed by atoms with van der Waals surface area (Å²) < 4.78 is 0.801. The summed E-state index contributed by atoms with van der Waals surface area (Å²) >= 11 is -0.202. The first kappa shape index (κ1) is 19.3. The summed E-state index contributed by atoms with van der Waals surface area (Å²) in [4.78, 5) is 31.0. The zero-order chi connectivity index (χ0) is 20.4. The molecule has 8 heteroatoms. The van der Waals surface area contributed by atoms with E-state index in [1.165, 1.54) is 0 Å². The van der Waals surface area contributed by atoms with E-state index in [4.69, 9.17) is 5.73 Å². The van der Waals surface area contributed by atoms with Crippen molar-refractivity contribution < 1.29 is 9.59 Å². The van der Waals surface area contributed by atoms with E-state index in [0.717, 1.165) is 32.4 Å². The van der Waals surface area contributed by atoms with Crippen molar-refractivity contribution in [2.75, 3.05) is 9.80 Å². The SMILES string of the molecule is CC(=O)N(c1c[nH]c2ccccc12)C1[Se]C(NC=O)=CN1c1ccccc1CN. The number of amides is 2. The van der Waals surface area contributed by atoms with Crippen LogP contribution in [0.15, 0.2) is 65.5 Å². The molecule has 2 amide bonds. The second-order valence-electron chi connectivity index (χ2n) is 6.55. The first-order valence-electron chi connectivity index (χ1n) is 9.15. The molecular formula is C21H21N5O2Se. The van der Waals surface area contributed by atoms with Crippen molar-refractivity contribution in [3.8, 4) is 0 Å². The molecule has 0 spiro atoms. The Kier molecular flexibility index (Phi) is 5.40. The minimum atomic E-state index is -0.269.